The third-order valence-electron chi connectivity index (χ3n) is 6.17. The van der Waals surface area contributed by atoms with E-state index in [0.29, 0.717) is 28.4 Å². The lowest BCUT2D eigenvalue weighted by atomic mass is 9.89. The Morgan fingerprint density at radius 1 is 1.29 bits per heavy atom. The molecular formula is C23H24N4O3S. The van der Waals surface area contributed by atoms with Crippen molar-refractivity contribution in [2.24, 2.45) is 5.92 Å². The van der Waals surface area contributed by atoms with Gasteiger partial charge < -0.3 is 4.52 Å². The van der Waals surface area contributed by atoms with Gasteiger partial charge in [0.25, 0.3) is 5.56 Å². The lowest BCUT2D eigenvalue weighted by Gasteiger charge is -2.17. The van der Waals surface area contributed by atoms with Crippen LogP contribution in [0.5, 0.6) is 0 Å². The summed E-state index contributed by atoms with van der Waals surface area (Å²) < 4.78 is 8.53. The molecule has 0 saturated carbocycles. The maximum absolute atomic E-state index is 13.2. The van der Waals surface area contributed by atoms with Crippen molar-refractivity contribution in [3.05, 3.63) is 62.0 Å². The van der Waals surface area contributed by atoms with E-state index in [4.69, 9.17) is 4.52 Å². The molecule has 0 radical (unpaired) electrons. The Bertz CT molecular complexity index is 1390. The number of aryl methyl sites for hydroxylation is 3. The van der Waals surface area contributed by atoms with Gasteiger partial charge in [-0.05, 0) is 57.6 Å². The quantitative estimate of drug-likeness (QED) is 0.449. The molecule has 0 aliphatic heterocycles. The van der Waals surface area contributed by atoms with Crippen molar-refractivity contribution in [2.75, 3.05) is 0 Å². The average Bonchev–Trinajstić information content (AvgIpc) is 3.38. The Hall–Kier alpha value is -3.00. The highest BCUT2D eigenvalue weighted by Crippen LogP contribution is 2.35. The van der Waals surface area contributed by atoms with Gasteiger partial charge >= 0.3 is 0 Å². The molecule has 1 aliphatic rings. The number of Topliss-reactive ketones (excluding diaryl/α,β-unsaturated/α-hetero) is 1. The largest absolute Gasteiger partial charge is 0.360 e. The number of nitrogens with zero attached hydrogens (tertiary/aromatic N) is 4. The number of fused-ring (bicyclic) bond motifs is 3. The number of aromatic nitrogens is 4. The molecule has 0 spiro atoms. The number of hydrogen-bond acceptors (Lipinski definition) is 6. The first-order chi connectivity index (χ1) is 14.8. The van der Waals surface area contributed by atoms with Crippen molar-refractivity contribution >= 4 is 27.3 Å². The number of rotatable bonds is 4. The lowest BCUT2D eigenvalue weighted by Crippen LogP contribution is -2.25. The van der Waals surface area contributed by atoms with E-state index >= 15 is 0 Å². The van der Waals surface area contributed by atoms with Crippen LogP contribution < -0.4 is 5.56 Å². The van der Waals surface area contributed by atoms with Crippen LogP contribution in [0.15, 0.2) is 27.8 Å². The van der Waals surface area contributed by atoms with Gasteiger partial charge in [0, 0.05) is 27.9 Å². The van der Waals surface area contributed by atoms with Crippen molar-refractivity contribution in [2.45, 2.75) is 53.5 Å². The molecule has 0 aromatic carbocycles. The topological polar surface area (TPSA) is 82.9 Å². The van der Waals surface area contributed by atoms with Crippen LogP contribution in [-0.4, -0.2) is 25.1 Å². The molecular weight excluding hydrogens is 412 g/mol. The third kappa shape index (κ3) is 3.26. The van der Waals surface area contributed by atoms with Crippen LogP contribution in [0.1, 0.15) is 51.3 Å². The molecule has 0 N–H and O–H groups in total. The summed E-state index contributed by atoms with van der Waals surface area (Å²) in [6, 6.07) is 3.67. The number of ketones is 1. The summed E-state index contributed by atoms with van der Waals surface area (Å²) in [4.78, 5) is 33.0. The highest BCUT2D eigenvalue weighted by atomic mass is 32.1. The maximum atomic E-state index is 13.2. The third-order valence-corrected chi connectivity index (χ3v) is 7.33. The Labute approximate surface area is 183 Å². The lowest BCUT2D eigenvalue weighted by molar-refractivity contribution is 0.0970. The van der Waals surface area contributed by atoms with Crippen LogP contribution in [0.4, 0.5) is 0 Å². The second kappa shape index (κ2) is 7.30. The van der Waals surface area contributed by atoms with Crippen LogP contribution >= 0.6 is 11.3 Å². The molecule has 4 aromatic heterocycles. The van der Waals surface area contributed by atoms with Crippen LogP contribution in [0.2, 0.25) is 0 Å². The first-order valence-corrected chi connectivity index (χ1v) is 11.3. The molecule has 1 atom stereocenters. The second-order valence-corrected chi connectivity index (χ2v) is 9.63. The molecule has 5 rings (SSSR count). The van der Waals surface area contributed by atoms with Crippen molar-refractivity contribution in [3.8, 4) is 5.82 Å². The summed E-state index contributed by atoms with van der Waals surface area (Å²) in [7, 11) is 0. The summed E-state index contributed by atoms with van der Waals surface area (Å²) in [6.45, 7) is 7.84. The fraction of sp³-hybridized carbons (Fsp3) is 0.391. The molecule has 8 heteroatoms. The van der Waals surface area contributed by atoms with Crippen molar-refractivity contribution in [1.29, 1.82) is 0 Å². The molecule has 0 saturated heterocycles. The maximum Gasteiger partial charge on any atom is 0.262 e. The van der Waals surface area contributed by atoms with Gasteiger partial charge in [0.15, 0.2) is 11.6 Å². The highest BCUT2D eigenvalue weighted by molar-refractivity contribution is 7.18. The summed E-state index contributed by atoms with van der Waals surface area (Å²) in [5.41, 5.74) is 3.26. The molecule has 0 bridgehead atoms. The van der Waals surface area contributed by atoms with Gasteiger partial charge in [-0.1, -0.05) is 12.1 Å². The van der Waals surface area contributed by atoms with E-state index in [1.807, 2.05) is 37.5 Å². The van der Waals surface area contributed by atoms with E-state index in [1.165, 1.54) is 15.8 Å². The minimum atomic E-state index is -0.125. The second-order valence-electron chi connectivity index (χ2n) is 8.55. The number of carbonyl (C=O) groups excluding carboxylic acids is 1. The van der Waals surface area contributed by atoms with Crippen LogP contribution in [0.25, 0.3) is 16.0 Å². The molecule has 4 aromatic rings. The number of carbonyl (C=O) groups is 1. The fourth-order valence-electron chi connectivity index (χ4n) is 4.57. The Morgan fingerprint density at radius 2 is 2.10 bits per heavy atom. The number of hydrogen-bond donors (Lipinski definition) is 0. The Balaban J connectivity index is 1.50. The average molecular weight is 437 g/mol. The molecule has 160 valence electrons. The first kappa shape index (κ1) is 19.9. The van der Waals surface area contributed by atoms with Crippen LogP contribution in [-0.2, 0) is 19.4 Å². The molecule has 31 heavy (non-hydrogen) atoms. The van der Waals surface area contributed by atoms with E-state index in [9.17, 15) is 9.59 Å². The smallest absolute Gasteiger partial charge is 0.262 e. The van der Waals surface area contributed by atoms with E-state index in [-0.39, 0.29) is 17.9 Å². The SMILES string of the molecule is Cc1cc(-n2c(C)cc(C(=O)Cn3cnc4sc5c(c4c3=O)CCC(C)C5)c2C)no1. The monoisotopic (exact) mass is 436 g/mol. The molecule has 1 aliphatic carbocycles. The van der Waals surface area contributed by atoms with Crippen molar-refractivity contribution in [1.82, 2.24) is 19.3 Å². The zero-order chi connectivity index (χ0) is 21.9. The van der Waals surface area contributed by atoms with Gasteiger partial charge in [0.1, 0.15) is 10.6 Å². The van der Waals surface area contributed by atoms with Crippen LogP contribution in [0.3, 0.4) is 0 Å². The summed E-state index contributed by atoms with van der Waals surface area (Å²) >= 11 is 1.62. The predicted molar refractivity (Wildman–Crippen MR) is 119 cm³/mol. The van der Waals surface area contributed by atoms with E-state index in [2.05, 4.69) is 17.1 Å². The van der Waals surface area contributed by atoms with E-state index in [1.54, 1.807) is 11.3 Å². The normalized spacial score (nSPS) is 16.1. The molecule has 4 heterocycles. The van der Waals surface area contributed by atoms with Crippen molar-refractivity contribution < 1.29 is 9.32 Å². The first-order valence-electron chi connectivity index (χ1n) is 10.5. The number of thiophene rings is 1. The van der Waals surface area contributed by atoms with Crippen LogP contribution in [0, 0.1) is 26.7 Å². The Kier molecular flexibility index (Phi) is 4.69. The van der Waals surface area contributed by atoms with Gasteiger partial charge in [-0.25, -0.2) is 4.98 Å². The van der Waals surface area contributed by atoms with Gasteiger partial charge in [-0.2, -0.15) is 0 Å². The standard InChI is InChI=1S/C23H24N4O3S/c1-12-5-6-16-19(7-12)31-22-21(16)23(29)26(11-24-22)10-18(28)17-8-13(2)27(15(17)4)20-9-14(3)30-25-20/h8-9,11-12H,5-7,10H2,1-4H3. The van der Waals surface area contributed by atoms with E-state index in [0.717, 1.165) is 41.0 Å². The highest BCUT2D eigenvalue weighted by Gasteiger charge is 2.24. The minimum Gasteiger partial charge on any atom is -0.360 e. The predicted octanol–water partition coefficient (Wildman–Crippen LogP) is 4.17. The molecule has 0 amide bonds. The van der Waals surface area contributed by atoms with E-state index < -0.39 is 0 Å². The molecule has 1 unspecified atom stereocenters. The fourth-order valence-corrected chi connectivity index (χ4v) is 5.92. The summed E-state index contributed by atoms with van der Waals surface area (Å²) in [5, 5.41) is 4.77. The molecule has 0 fully saturated rings. The minimum absolute atomic E-state index is 0.0368. The van der Waals surface area contributed by atoms with Gasteiger partial charge in [0.2, 0.25) is 0 Å². The zero-order valence-corrected chi connectivity index (χ0v) is 18.9. The van der Waals surface area contributed by atoms with Gasteiger partial charge in [-0.3, -0.25) is 18.7 Å². The van der Waals surface area contributed by atoms with Gasteiger partial charge in [-0.15, -0.1) is 11.3 Å². The summed E-state index contributed by atoms with van der Waals surface area (Å²) in [5.74, 6) is 1.86. The summed E-state index contributed by atoms with van der Waals surface area (Å²) in [6.07, 6.45) is 4.50. The van der Waals surface area contributed by atoms with Gasteiger partial charge in [0.05, 0.1) is 18.3 Å². The van der Waals surface area contributed by atoms with Crippen molar-refractivity contribution in [3.63, 3.8) is 0 Å². The molecule has 7 nitrogen and oxygen atoms in total. The Morgan fingerprint density at radius 3 is 2.84 bits per heavy atom. The zero-order valence-electron chi connectivity index (χ0n) is 18.1.